The van der Waals surface area contributed by atoms with E-state index in [0.717, 1.165) is 11.1 Å². The Bertz CT molecular complexity index is 349. The third-order valence-corrected chi connectivity index (χ3v) is 2.44. The molecule has 1 aromatic carbocycles. The lowest BCUT2D eigenvalue weighted by molar-refractivity contribution is 0.626. The predicted molar refractivity (Wildman–Crippen MR) is 57.9 cm³/mol. The van der Waals surface area contributed by atoms with Crippen LogP contribution in [0.1, 0.15) is 12.5 Å². The molecule has 2 N–H and O–H groups in total. The molecule has 0 aromatic heterocycles. The van der Waals surface area contributed by atoms with Gasteiger partial charge in [-0.05, 0) is 31.0 Å². The molecule has 76 valence electrons. The molecular weight excluding hydrogens is 201 g/mol. The van der Waals surface area contributed by atoms with Crippen molar-refractivity contribution in [2.75, 3.05) is 0 Å². The summed E-state index contributed by atoms with van der Waals surface area (Å²) in [6, 6.07) is 4.20. The summed E-state index contributed by atoms with van der Waals surface area (Å²) in [6.45, 7) is 5.62. The first-order valence-corrected chi connectivity index (χ1v) is 4.73. The van der Waals surface area contributed by atoms with Crippen molar-refractivity contribution >= 4 is 11.6 Å². The zero-order valence-electron chi connectivity index (χ0n) is 8.06. The Morgan fingerprint density at radius 2 is 2.29 bits per heavy atom. The van der Waals surface area contributed by atoms with Crippen LogP contribution in [-0.2, 0) is 6.42 Å². The molecule has 0 aliphatic carbocycles. The fourth-order valence-corrected chi connectivity index (χ4v) is 1.34. The van der Waals surface area contributed by atoms with Gasteiger partial charge in [0, 0.05) is 11.1 Å². The Morgan fingerprint density at radius 1 is 1.64 bits per heavy atom. The maximum Gasteiger partial charge on any atom is 0.124 e. The van der Waals surface area contributed by atoms with Crippen LogP contribution in [-0.4, -0.2) is 6.04 Å². The zero-order chi connectivity index (χ0) is 10.7. The van der Waals surface area contributed by atoms with E-state index in [1.165, 1.54) is 12.1 Å². The summed E-state index contributed by atoms with van der Waals surface area (Å²) in [6.07, 6.45) is 0.592. The largest absolute Gasteiger partial charge is 0.324 e. The fraction of sp³-hybridized carbons (Fsp3) is 0.273. The lowest BCUT2D eigenvalue weighted by Gasteiger charge is -2.12. The molecule has 1 aromatic rings. The summed E-state index contributed by atoms with van der Waals surface area (Å²) >= 11 is 5.85. The van der Waals surface area contributed by atoms with Gasteiger partial charge in [0.25, 0.3) is 0 Å². The average molecular weight is 214 g/mol. The molecular formula is C11H13ClFN. The van der Waals surface area contributed by atoms with Crippen LogP contribution in [0.15, 0.2) is 30.4 Å². The molecule has 0 heterocycles. The Kier molecular flexibility index (Phi) is 3.67. The van der Waals surface area contributed by atoms with Gasteiger partial charge < -0.3 is 5.73 Å². The molecule has 0 aliphatic rings. The maximum atomic E-state index is 12.7. The molecule has 0 saturated heterocycles. The van der Waals surface area contributed by atoms with Crippen molar-refractivity contribution in [2.24, 2.45) is 5.73 Å². The van der Waals surface area contributed by atoms with Gasteiger partial charge in [0.2, 0.25) is 0 Å². The molecule has 14 heavy (non-hydrogen) atoms. The molecule has 0 fully saturated rings. The first kappa shape index (κ1) is 11.2. The summed E-state index contributed by atoms with van der Waals surface area (Å²) in [5.74, 6) is -0.331. The van der Waals surface area contributed by atoms with Gasteiger partial charge in [-0.2, -0.15) is 0 Å². The molecule has 0 bridgehead atoms. The molecule has 0 saturated carbocycles. The molecule has 1 atom stereocenters. The topological polar surface area (TPSA) is 26.0 Å². The molecule has 3 heteroatoms. The number of halogens is 2. The molecule has 0 aliphatic heterocycles. The SMILES string of the molecule is C=C(C)C(N)Cc1ccc(F)cc1Cl. The number of benzene rings is 1. The van der Waals surface area contributed by atoms with Gasteiger partial charge in [-0.15, -0.1) is 0 Å². The van der Waals surface area contributed by atoms with E-state index in [2.05, 4.69) is 6.58 Å². The van der Waals surface area contributed by atoms with Gasteiger partial charge in [-0.1, -0.05) is 29.8 Å². The minimum Gasteiger partial charge on any atom is -0.324 e. The van der Waals surface area contributed by atoms with Crippen molar-refractivity contribution in [3.8, 4) is 0 Å². The van der Waals surface area contributed by atoms with Gasteiger partial charge >= 0.3 is 0 Å². The van der Waals surface area contributed by atoms with E-state index in [9.17, 15) is 4.39 Å². The Hall–Kier alpha value is -0.860. The third kappa shape index (κ3) is 2.82. The highest BCUT2D eigenvalue weighted by atomic mass is 35.5. The molecule has 0 amide bonds. The monoisotopic (exact) mass is 213 g/mol. The predicted octanol–water partition coefficient (Wildman–Crippen LogP) is 2.93. The number of nitrogens with two attached hydrogens (primary N) is 1. The van der Waals surface area contributed by atoms with Crippen molar-refractivity contribution in [3.63, 3.8) is 0 Å². The third-order valence-electron chi connectivity index (χ3n) is 2.09. The van der Waals surface area contributed by atoms with Crippen molar-refractivity contribution in [1.29, 1.82) is 0 Å². The summed E-state index contributed by atoms with van der Waals surface area (Å²) in [4.78, 5) is 0. The highest BCUT2D eigenvalue weighted by Crippen LogP contribution is 2.19. The van der Waals surface area contributed by atoms with Crippen LogP contribution in [0.2, 0.25) is 5.02 Å². The highest BCUT2D eigenvalue weighted by molar-refractivity contribution is 6.31. The van der Waals surface area contributed by atoms with Gasteiger partial charge in [0.15, 0.2) is 0 Å². The summed E-state index contributed by atoms with van der Waals surface area (Å²) in [7, 11) is 0. The number of hydrogen-bond donors (Lipinski definition) is 1. The Balaban J connectivity index is 2.82. The van der Waals surface area contributed by atoms with Crippen molar-refractivity contribution < 1.29 is 4.39 Å². The van der Waals surface area contributed by atoms with Crippen LogP contribution < -0.4 is 5.73 Å². The summed E-state index contributed by atoms with van der Waals surface area (Å²) in [5, 5.41) is 0.418. The molecule has 1 nitrogen and oxygen atoms in total. The lowest BCUT2D eigenvalue weighted by atomic mass is 10.0. The first-order chi connectivity index (χ1) is 6.50. The number of rotatable bonds is 3. The van der Waals surface area contributed by atoms with Gasteiger partial charge in [-0.3, -0.25) is 0 Å². The Morgan fingerprint density at radius 3 is 2.79 bits per heavy atom. The second-order valence-electron chi connectivity index (χ2n) is 3.39. The minimum absolute atomic E-state index is 0.127. The van der Waals surface area contributed by atoms with E-state index in [4.69, 9.17) is 17.3 Å². The fourth-order valence-electron chi connectivity index (χ4n) is 1.10. The van der Waals surface area contributed by atoms with E-state index in [0.29, 0.717) is 11.4 Å². The van der Waals surface area contributed by atoms with Gasteiger partial charge in [0.1, 0.15) is 5.82 Å². The van der Waals surface area contributed by atoms with E-state index in [1.807, 2.05) is 6.92 Å². The van der Waals surface area contributed by atoms with E-state index >= 15 is 0 Å². The van der Waals surface area contributed by atoms with E-state index < -0.39 is 0 Å². The van der Waals surface area contributed by atoms with Crippen LogP contribution in [0.3, 0.4) is 0 Å². The molecule has 1 unspecified atom stereocenters. The molecule has 1 rings (SSSR count). The first-order valence-electron chi connectivity index (χ1n) is 4.35. The van der Waals surface area contributed by atoms with Crippen molar-refractivity contribution in [2.45, 2.75) is 19.4 Å². The molecule has 0 radical (unpaired) electrons. The minimum atomic E-state index is -0.331. The smallest absolute Gasteiger partial charge is 0.124 e. The van der Waals surface area contributed by atoms with Crippen LogP contribution >= 0.6 is 11.6 Å². The highest BCUT2D eigenvalue weighted by Gasteiger charge is 2.08. The molecule has 0 spiro atoms. The lowest BCUT2D eigenvalue weighted by Crippen LogP contribution is -2.23. The normalized spacial score (nSPS) is 12.6. The average Bonchev–Trinajstić information content (AvgIpc) is 2.09. The van der Waals surface area contributed by atoms with Crippen LogP contribution in [0.25, 0.3) is 0 Å². The zero-order valence-corrected chi connectivity index (χ0v) is 8.81. The van der Waals surface area contributed by atoms with E-state index in [-0.39, 0.29) is 11.9 Å². The Labute approximate surface area is 88.4 Å². The second kappa shape index (κ2) is 4.58. The standard InChI is InChI=1S/C11H13ClFN/c1-7(2)11(14)5-8-3-4-9(13)6-10(8)12/h3-4,6,11H,1,5,14H2,2H3. The number of hydrogen-bond acceptors (Lipinski definition) is 1. The van der Waals surface area contributed by atoms with Crippen LogP contribution in [0.5, 0.6) is 0 Å². The second-order valence-corrected chi connectivity index (χ2v) is 3.80. The maximum absolute atomic E-state index is 12.7. The summed E-state index contributed by atoms with van der Waals surface area (Å²) in [5.41, 5.74) is 7.55. The summed E-state index contributed by atoms with van der Waals surface area (Å²) < 4.78 is 12.7. The van der Waals surface area contributed by atoms with Crippen molar-refractivity contribution in [1.82, 2.24) is 0 Å². The van der Waals surface area contributed by atoms with Gasteiger partial charge in [-0.25, -0.2) is 4.39 Å². The van der Waals surface area contributed by atoms with Crippen LogP contribution in [0.4, 0.5) is 4.39 Å². The quantitative estimate of drug-likeness (QED) is 0.768. The van der Waals surface area contributed by atoms with Crippen LogP contribution in [0, 0.1) is 5.82 Å². The van der Waals surface area contributed by atoms with E-state index in [1.54, 1.807) is 6.07 Å². The van der Waals surface area contributed by atoms with Crippen molar-refractivity contribution in [3.05, 3.63) is 46.8 Å². The van der Waals surface area contributed by atoms with Gasteiger partial charge in [0.05, 0.1) is 0 Å².